The van der Waals surface area contributed by atoms with Crippen molar-refractivity contribution >= 4 is 5.91 Å². The summed E-state index contributed by atoms with van der Waals surface area (Å²) in [5.41, 5.74) is -0.0789. The van der Waals surface area contributed by atoms with Gasteiger partial charge in [-0.3, -0.25) is 4.79 Å². The van der Waals surface area contributed by atoms with Crippen molar-refractivity contribution < 1.29 is 9.18 Å². The van der Waals surface area contributed by atoms with Crippen molar-refractivity contribution in [2.24, 2.45) is 0 Å². The van der Waals surface area contributed by atoms with Gasteiger partial charge < -0.3 is 10.2 Å². The summed E-state index contributed by atoms with van der Waals surface area (Å²) in [5, 5.41) is 2.90. The molecule has 1 aliphatic carbocycles. The number of nitrogens with one attached hydrogen (secondary N) is 1. The maximum absolute atomic E-state index is 13.7. The highest BCUT2D eigenvalue weighted by Gasteiger charge is 2.52. The number of likely N-dealkylation sites (N-methyl/N-ethyl adjacent to an activating group) is 1. The van der Waals surface area contributed by atoms with Crippen LogP contribution >= 0.6 is 0 Å². The van der Waals surface area contributed by atoms with E-state index < -0.39 is 5.41 Å². The smallest absolute Gasteiger partial charge is 0.230 e. The highest BCUT2D eigenvalue weighted by molar-refractivity contribution is 5.91. The second kappa shape index (κ2) is 5.06. The topological polar surface area (TPSA) is 32.3 Å². The molecule has 1 aromatic rings. The van der Waals surface area contributed by atoms with Gasteiger partial charge >= 0.3 is 0 Å². The molecule has 2 rings (SSSR count). The number of rotatable bonds is 5. The van der Waals surface area contributed by atoms with Crippen molar-refractivity contribution in [2.75, 3.05) is 27.2 Å². The zero-order chi connectivity index (χ0) is 13.2. The van der Waals surface area contributed by atoms with Crippen molar-refractivity contribution in [3.63, 3.8) is 0 Å². The molecule has 0 saturated heterocycles. The van der Waals surface area contributed by atoms with Gasteiger partial charge in [0.05, 0.1) is 5.41 Å². The van der Waals surface area contributed by atoms with E-state index in [2.05, 4.69) is 5.32 Å². The predicted octanol–water partition coefficient (Wildman–Crippen LogP) is 1.54. The van der Waals surface area contributed by atoms with E-state index in [1.54, 1.807) is 18.2 Å². The molecule has 0 aliphatic heterocycles. The number of halogens is 1. The van der Waals surface area contributed by atoms with Gasteiger partial charge in [-0.15, -0.1) is 0 Å². The second-order valence-corrected chi connectivity index (χ2v) is 5.12. The van der Waals surface area contributed by atoms with Crippen LogP contribution in [0.3, 0.4) is 0 Å². The van der Waals surface area contributed by atoms with Crippen molar-refractivity contribution in [3.8, 4) is 0 Å². The minimum absolute atomic E-state index is 0.0468. The molecule has 18 heavy (non-hydrogen) atoms. The van der Waals surface area contributed by atoms with Crippen LogP contribution in [-0.4, -0.2) is 38.0 Å². The number of hydrogen-bond acceptors (Lipinski definition) is 2. The van der Waals surface area contributed by atoms with Crippen LogP contribution in [-0.2, 0) is 10.2 Å². The average Bonchev–Trinajstić information content (AvgIpc) is 3.10. The van der Waals surface area contributed by atoms with Gasteiger partial charge in [-0.05, 0) is 33.0 Å². The SMILES string of the molecule is CN(C)CCNC(=O)C1(c2ccccc2F)CC1. The van der Waals surface area contributed by atoms with Crippen molar-refractivity contribution in [1.82, 2.24) is 10.2 Å². The molecule has 4 heteroatoms. The Morgan fingerprint density at radius 3 is 2.61 bits per heavy atom. The highest BCUT2D eigenvalue weighted by atomic mass is 19.1. The molecule has 98 valence electrons. The van der Waals surface area contributed by atoms with E-state index in [1.165, 1.54) is 6.07 Å². The number of amides is 1. The van der Waals surface area contributed by atoms with Gasteiger partial charge in [0.25, 0.3) is 0 Å². The molecular weight excluding hydrogens is 231 g/mol. The Hall–Kier alpha value is -1.42. The molecule has 0 spiro atoms. The van der Waals surface area contributed by atoms with Crippen LogP contribution in [0, 0.1) is 5.82 Å². The van der Waals surface area contributed by atoms with Crippen LogP contribution in [0.4, 0.5) is 4.39 Å². The molecule has 0 aromatic heterocycles. The van der Waals surface area contributed by atoms with Crippen molar-refractivity contribution in [2.45, 2.75) is 18.3 Å². The Kier molecular flexibility index (Phi) is 3.66. The van der Waals surface area contributed by atoms with Crippen LogP contribution < -0.4 is 5.32 Å². The largest absolute Gasteiger partial charge is 0.354 e. The molecule has 3 nitrogen and oxygen atoms in total. The molecule has 0 unspecified atom stereocenters. The Balaban J connectivity index is 2.04. The summed E-state index contributed by atoms with van der Waals surface area (Å²) in [7, 11) is 3.91. The number of carbonyl (C=O) groups excluding carboxylic acids is 1. The van der Waals surface area contributed by atoms with E-state index in [-0.39, 0.29) is 11.7 Å². The summed E-state index contributed by atoms with van der Waals surface area (Å²) < 4.78 is 13.7. The molecule has 1 N–H and O–H groups in total. The van der Waals surface area contributed by atoms with Crippen LogP contribution in [0.15, 0.2) is 24.3 Å². The fourth-order valence-corrected chi connectivity index (χ4v) is 2.16. The lowest BCUT2D eigenvalue weighted by Crippen LogP contribution is -2.38. The fourth-order valence-electron chi connectivity index (χ4n) is 2.16. The molecule has 1 aromatic carbocycles. The number of benzene rings is 1. The molecule has 1 amide bonds. The van der Waals surface area contributed by atoms with E-state index in [0.717, 1.165) is 19.4 Å². The molecule has 1 aliphatic rings. The minimum atomic E-state index is -0.613. The molecule has 0 bridgehead atoms. The van der Waals surface area contributed by atoms with Crippen LogP contribution in [0.5, 0.6) is 0 Å². The van der Waals surface area contributed by atoms with Gasteiger partial charge in [0, 0.05) is 18.7 Å². The Labute approximate surface area is 107 Å². The van der Waals surface area contributed by atoms with E-state index in [4.69, 9.17) is 0 Å². The van der Waals surface area contributed by atoms with Crippen molar-refractivity contribution in [1.29, 1.82) is 0 Å². The summed E-state index contributed by atoms with van der Waals surface area (Å²) >= 11 is 0. The molecular formula is C14H19FN2O. The van der Waals surface area contributed by atoms with Gasteiger partial charge in [-0.1, -0.05) is 18.2 Å². The van der Waals surface area contributed by atoms with E-state index in [1.807, 2.05) is 19.0 Å². The Morgan fingerprint density at radius 2 is 2.06 bits per heavy atom. The third-order valence-electron chi connectivity index (χ3n) is 3.42. The van der Waals surface area contributed by atoms with Gasteiger partial charge in [-0.25, -0.2) is 4.39 Å². The van der Waals surface area contributed by atoms with Gasteiger partial charge in [0.1, 0.15) is 5.82 Å². The lowest BCUT2D eigenvalue weighted by Gasteiger charge is -2.17. The summed E-state index contributed by atoms with van der Waals surface area (Å²) in [5.74, 6) is -0.327. The monoisotopic (exact) mass is 250 g/mol. The number of carbonyl (C=O) groups is 1. The first-order valence-electron chi connectivity index (χ1n) is 6.24. The van der Waals surface area contributed by atoms with E-state index >= 15 is 0 Å². The number of hydrogen-bond donors (Lipinski definition) is 1. The number of nitrogens with zero attached hydrogens (tertiary/aromatic N) is 1. The van der Waals surface area contributed by atoms with Crippen molar-refractivity contribution in [3.05, 3.63) is 35.6 Å². The molecule has 1 saturated carbocycles. The lowest BCUT2D eigenvalue weighted by molar-refractivity contribution is -0.123. The van der Waals surface area contributed by atoms with Crippen LogP contribution in [0.25, 0.3) is 0 Å². The molecule has 0 radical (unpaired) electrons. The average molecular weight is 250 g/mol. The normalized spacial score (nSPS) is 16.7. The first kappa shape index (κ1) is 13.0. The Morgan fingerprint density at radius 1 is 1.39 bits per heavy atom. The minimum Gasteiger partial charge on any atom is -0.354 e. The zero-order valence-corrected chi connectivity index (χ0v) is 10.9. The first-order valence-corrected chi connectivity index (χ1v) is 6.24. The quantitative estimate of drug-likeness (QED) is 0.859. The van der Waals surface area contributed by atoms with E-state index in [9.17, 15) is 9.18 Å². The molecule has 0 atom stereocenters. The van der Waals surface area contributed by atoms with Gasteiger partial charge in [0.2, 0.25) is 5.91 Å². The molecule has 0 heterocycles. The first-order chi connectivity index (χ1) is 8.56. The summed E-state index contributed by atoms with van der Waals surface area (Å²) in [6, 6.07) is 6.57. The third kappa shape index (κ3) is 2.53. The summed E-state index contributed by atoms with van der Waals surface area (Å²) in [4.78, 5) is 14.2. The highest BCUT2D eigenvalue weighted by Crippen LogP contribution is 2.49. The third-order valence-corrected chi connectivity index (χ3v) is 3.42. The maximum Gasteiger partial charge on any atom is 0.230 e. The van der Waals surface area contributed by atoms with Crippen LogP contribution in [0.1, 0.15) is 18.4 Å². The fraction of sp³-hybridized carbons (Fsp3) is 0.500. The zero-order valence-electron chi connectivity index (χ0n) is 10.9. The standard InChI is InChI=1S/C14H19FN2O/c1-17(2)10-9-16-13(18)14(7-8-14)11-5-3-4-6-12(11)15/h3-6H,7-10H2,1-2H3,(H,16,18). The van der Waals surface area contributed by atoms with E-state index in [0.29, 0.717) is 12.1 Å². The van der Waals surface area contributed by atoms with Gasteiger partial charge in [0.15, 0.2) is 0 Å². The summed E-state index contributed by atoms with van der Waals surface area (Å²) in [6.45, 7) is 1.39. The Bertz CT molecular complexity index is 441. The van der Waals surface area contributed by atoms with Gasteiger partial charge in [-0.2, -0.15) is 0 Å². The molecule has 1 fully saturated rings. The summed E-state index contributed by atoms with van der Waals surface area (Å²) in [6.07, 6.45) is 1.48. The maximum atomic E-state index is 13.7. The lowest BCUT2D eigenvalue weighted by atomic mass is 9.94. The second-order valence-electron chi connectivity index (χ2n) is 5.12. The van der Waals surface area contributed by atoms with Crippen LogP contribution in [0.2, 0.25) is 0 Å². The predicted molar refractivity (Wildman–Crippen MR) is 68.9 cm³/mol.